The minimum atomic E-state index is -0.850. The highest BCUT2D eigenvalue weighted by Crippen LogP contribution is 2.42. The zero-order valence-corrected chi connectivity index (χ0v) is 15.3. The van der Waals surface area contributed by atoms with Crippen LogP contribution in [-0.2, 0) is 32.5 Å². The second kappa shape index (κ2) is 8.81. The third kappa shape index (κ3) is 4.96. The van der Waals surface area contributed by atoms with Gasteiger partial charge in [-0.25, -0.2) is 4.79 Å². The van der Waals surface area contributed by atoms with Crippen LogP contribution < -0.4 is 16.5 Å². The molecule has 3 rings (SSSR count). The minimum Gasteiger partial charge on any atom is -0.691 e. The number of rotatable bonds is 9. The standard InChI is InChI=1S/C14H20N2O10S/c1-14(2)23-10-8(7-20-5-6-21-27-26-25-19)22-12(11(10)24-14)16-4-3-9(17)15-13(16)18/h3-4,8,10-12,19H,5-7H2,1-2H3,(H,15,17,18)/p-1/t8-,10?,11+,12-/m1/s1. The molecule has 1 N–H and O–H groups in total. The molecule has 0 aliphatic carbocycles. The summed E-state index contributed by atoms with van der Waals surface area (Å²) in [5, 5.41) is 12.7. The van der Waals surface area contributed by atoms with Crippen molar-refractivity contribution < 1.29 is 37.8 Å². The van der Waals surface area contributed by atoms with Crippen molar-refractivity contribution in [1.82, 2.24) is 9.55 Å². The van der Waals surface area contributed by atoms with Gasteiger partial charge < -0.3 is 24.2 Å². The average molecular weight is 407 g/mol. The van der Waals surface area contributed by atoms with Crippen LogP contribution in [0.4, 0.5) is 0 Å². The van der Waals surface area contributed by atoms with Gasteiger partial charge in [0.15, 0.2) is 24.3 Å². The van der Waals surface area contributed by atoms with E-state index in [-0.39, 0.29) is 19.8 Å². The molecule has 0 amide bonds. The van der Waals surface area contributed by atoms with Crippen molar-refractivity contribution in [3.05, 3.63) is 33.1 Å². The van der Waals surface area contributed by atoms with Gasteiger partial charge in [0.2, 0.25) is 0 Å². The van der Waals surface area contributed by atoms with Crippen LogP contribution in [-0.4, -0.2) is 53.5 Å². The Balaban J connectivity index is 1.62. The molecule has 3 heterocycles. The monoisotopic (exact) mass is 407 g/mol. The molecule has 2 aliphatic heterocycles. The molecule has 1 unspecified atom stereocenters. The maximum Gasteiger partial charge on any atom is 0.330 e. The number of hydrogen-bond donors (Lipinski definition) is 1. The normalized spacial score (nSPS) is 29.1. The second-order valence-electron chi connectivity index (χ2n) is 6.25. The van der Waals surface area contributed by atoms with Gasteiger partial charge in [-0.2, -0.15) is 0 Å². The minimum absolute atomic E-state index is 0.139. The molecule has 0 bridgehead atoms. The van der Waals surface area contributed by atoms with Crippen LogP contribution in [0.2, 0.25) is 0 Å². The molecule has 27 heavy (non-hydrogen) atoms. The zero-order chi connectivity index (χ0) is 19.4. The van der Waals surface area contributed by atoms with Gasteiger partial charge in [0, 0.05) is 12.3 Å². The van der Waals surface area contributed by atoms with E-state index in [1.807, 2.05) is 0 Å². The van der Waals surface area contributed by atoms with Gasteiger partial charge >= 0.3 is 5.69 Å². The van der Waals surface area contributed by atoms with Gasteiger partial charge in [-0.3, -0.25) is 23.6 Å². The predicted molar refractivity (Wildman–Crippen MR) is 85.6 cm³/mol. The Hall–Kier alpha value is -1.29. The Kier molecular flexibility index (Phi) is 6.67. The van der Waals surface area contributed by atoms with Crippen LogP contribution in [0.15, 0.2) is 21.9 Å². The number of nitrogens with zero attached hydrogens (tertiary/aromatic N) is 1. The second-order valence-corrected chi connectivity index (χ2v) is 6.76. The fourth-order valence-electron chi connectivity index (χ4n) is 3.00. The molecule has 2 fully saturated rings. The first-order valence-electron chi connectivity index (χ1n) is 8.06. The number of H-pyrrole nitrogens is 1. The summed E-state index contributed by atoms with van der Waals surface area (Å²) in [5.41, 5.74) is -1.11. The molecule has 152 valence electrons. The largest absolute Gasteiger partial charge is 0.691 e. The maximum absolute atomic E-state index is 12.1. The number of fused-ring (bicyclic) bond motifs is 1. The number of nitrogens with one attached hydrogen (secondary N) is 1. The molecule has 0 spiro atoms. The molecular formula is C14H19N2O10S-. The molecule has 4 atom stereocenters. The summed E-state index contributed by atoms with van der Waals surface area (Å²) in [6.07, 6.45) is -0.939. The number of aromatic nitrogens is 2. The highest BCUT2D eigenvalue weighted by Gasteiger charge is 2.56. The Morgan fingerprint density at radius 3 is 2.81 bits per heavy atom. The van der Waals surface area contributed by atoms with Crippen molar-refractivity contribution in [3.8, 4) is 0 Å². The van der Waals surface area contributed by atoms with E-state index < -0.39 is 41.6 Å². The van der Waals surface area contributed by atoms with Crippen molar-refractivity contribution in [2.24, 2.45) is 0 Å². The van der Waals surface area contributed by atoms with Crippen LogP contribution in [0.25, 0.3) is 0 Å². The van der Waals surface area contributed by atoms with Crippen LogP contribution in [0.5, 0.6) is 0 Å². The van der Waals surface area contributed by atoms with Crippen LogP contribution in [0.1, 0.15) is 20.1 Å². The first-order chi connectivity index (χ1) is 12.9. The van der Waals surface area contributed by atoms with E-state index in [1.165, 1.54) is 16.8 Å². The van der Waals surface area contributed by atoms with Gasteiger partial charge in [-0.15, -0.1) is 4.33 Å². The molecule has 1 aromatic heterocycles. The van der Waals surface area contributed by atoms with Crippen LogP contribution in [0, 0.1) is 0 Å². The van der Waals surface area contributed by atoms with E-state index in [4.69, 9.17) is 23.1 Å². The number of aromatic amines is 1. The van der Waals surface area contributed by atoms with Gasteiger partial charge in [0.25, 0.3) is 5.56 Å². The predicted octanol–water partition coefficient (Wildman–Crippen LogP) is -1.23. The third-order valence-corrected chi connectivity index (χ3v) is 4.32. The van der Waals surface area contributed by atoms with Gasteiger partial charge in [-0.05, 0) is 13.8 Å². The van der Waals surface area contributed by atoms with Crippen molar-refractivity contribution >= 4 is 12.3 Å². The Labute approximate surface area is 157 Å². The van der Waals surface area contributed by atoms with Gasteiger partial charge in [0.05, 0.1) is 19.8 Å². The van der Waals surface area contributed by atoms with E-state index in [0.29, 0.717) is 12.3 Å². The molecule has 12 nitrogen and oxygen atoms in total. The molecular weight excluding hydrogens is 388 g/mol. The lowest BCUT2D eigenvalue weighted by Gasteiger charge is -2.24. The summed E-state index contributed by atoms with van der Waals surface area (Å²) in [6, 6.07) is 1.23. The van der Waals surface area contributed by atoms with Crippen LogP contribution >= 0.6 is 12.3 Å². The maximum atomic E-state index is 12.1. The van der Waals surface area contributed by atoms with E-state index in [0.717, 1.165) is 0 Å². The summed E-state index contributed by atoms with van der Waals surface area (Å²) in [7, 11) is 0. The fraction of sp³-hybridized carbons (Fsp3) is 0.714. The van der Waals surface area contributed by atoms with E-state index in [9.17, 15) is 14.8 Å². The summed E-state index contributed by atoms with van der Waals surface area (Å²) in [5.74, 6) is -0.850. The van der Waals surface area contributed by atoms with Crippen molar-refractivity contribution in [2.75, 3.05) is 19.8 Å². The summed E-state index contributed by atoms with van der Waals surface area (Å²) in [4.78, 5) is 25.6. The zero-order valence-electron chi connectivity index (χ0n) is 14.5. The van der Waals surface area contributed by atoms with Crippen molar-refractivity contribution in [1.29, 1.82) is 0 Å². The molecule has 0 radical (unpaired) electrons. The smallest absolute Gasteiger partial charge is 0.330 e. The van der Waals surface area contributed by atoms with E-state index in [1.54, 1.807) is 13.8 Å². The Bertz CT molecular complexity index is 737. The average Bonchev–Trinajstić information content (AvgIpc) is 3.08. The topological polar surface area (TPSA) is 143 Å². The molecule has 2 aliphatic rings. The molecule has 0 saturated carbocycles. The lowest BCUT2D eigenvalue weighted by molar-refractivity contribution is -0.777. The third-order valence-electron chi connectivity index (χ3n) is 3.95. The van der Waals surface area contributed by atoms with Crippen molar-refractivity contribution in [3.63, 3.8) is 0 Å². The van der Waals surface area contributed by atoms with E-state index >= 15 is 0 Å². The number of ether oxygens (including phenoxy) is 4. The summed E-state index contributed by atoms with van der Waals surface area (Å²) >= 11 is 0.394. The Morgan fingerprint density at radius 1 is 1.30 bits per heavy atom. The van der Waals surface area contributed by atoms with E-state index in [2.05, 4.69) is 14.4 Å². The SMILES string of the molecule is CC1(C)OC2[C@@H](COCCOSOO[O-])O[C@@H](n3ccc(=O)[nH]c3=O)[C@H]2O1. The molecule has 1 aromatic rings. The highest BCUT2D eigenvalue weighted by atomic mass is 32.2. The number of hydrogen-bond acceptors (Lipinski definition) is 11. The molecule has 0 aromatic carbocycles. The lowest BCUT2D eigenvalue weighted by atomic mass is 10.1. The summed E-state index contributed by atoms with van der Waals surface area (Å²) in [6.45, 7) is 4.01. The first kappa shape index (κ1) is 20.4. The van der Waals surface area contributed by atoms with Gasteiger partial charge in [-0.1, -0.05) is 0 Å². The lowest BCUT2D eigenvalue weighted by Crippen LogP contribution is -2.37. The van der Waals surface area contributed by atoms with Crippen molar-refractivity contribution in [2.45, 2.75) is 44.2 Å². The fourth-order valence-corrected chi connectivity index (χ4v) is 3.20. The van der Waals surface area contributed by atoms with Crippen LogP contribution in [0.3, 0.4) is 0 Å². The highest BCUT2D eigenvalue weighted by molar-refractivity contribution is 7.89. The Morgan fingerprint density at radius 2 is 2.07 bits per heavy atom. The first-order valence-corrected chi connectivity index (χ1v) is 8.73. The molecule has 13 heteroatoms. The van der Waals surface area contributed by atoms with Gasteiger partial charge in [0.1, 0.15) is 18.3 Å². The quantitative estimate of drug-likeness (QED) is 0.228. The summed E-state index contributed by atoms with van der Waals surface area (Å²) < 4.78 is 33.2. The molecule has 2 saturated heterocycles.